The van der Waals surface area contributed by atoms with Gasteiger partial charge in [0.25, 0.3) is 5.56 Å². The second-order valence-electron chi connectivity index (χ2n) is 9.02. The third kappa shape index (κ3) is 4.98. The van der Waals surface area contributed by atoms with Crippen molar-refractivity contribution < 1.29 is 9.53 Å². The summed E-state index contributed by atoms with van der Waals surface area (Å²) < 4.78 is 5.30. The summed E-state index contributed by atoms with van der Waals surface area (Å²) in [6.45, 7) is 7.70. The quantitative estimate of drug-likeness (QED) is 0.798. The summed E-state index contributed by atoms with van der Waals surface area (Å²) >= 11 is 0. The highest BCUT2D eigenvalue weighted by Gasteiger charge is 2.38. The number of aromatic amines is 1. The van der Waals surface area contributed by atoms with Crippen LogP contribution in [0.4, 0.5) is 0 Å². The monoisotopic (exact) mass is 424 g/mol. The van der Waals surface area contributed by atoms with E-state index in [-0.39, 0.29) is 23.3 Å². The van der Waals surface area contributed by atoms with Crippen LogP contribution in [0.25, 0.3) is 0 Å². The third-order valence-corrected chi connectivity index (χ3v) is 6.58. The standard InChI is InChI=1S/C24H32N4O3/c1-16-5-4-10-27(12-16)15-24(30)28-13-20(18-6-8-19(31-3)9-7-18)21(14-28)22-11-23(29)26-17(2)25-22/h6-9,11,16,20-21H,4-5,10,12-15H2,1-3H3,(H,25,26,29)/t16-,20-,21+/m0/s1. The number of rotatable bonds is 5. The van der Waals surface area contributed by atoms with Gasteiger partial charge in [0.1, 0.15) is 11.6 Å². The van der Waals surface area contributed by atoms with Crippen LogP contribution in [-0.2, 0) is 4.79 Å². The minimum absolute atomic E-state index is 0.0152. The first-order valence-electron chi connectivity index (χ1n) is 11.1. The average Bonchev–Trinajstić information content (AvgIpc) is 3.19. The van der Waals surface area contributed by atoms with E-state index in [1.165, 1.54) is 6.42 Å². The lowest BCUT2D eigenvalue weighted by Crippen LogP contribution is -2.43. The molecule has 166 valence electrons. The maximum absolute atomic E-state index is 13.2. The molecule has 0 radical (unpaired) electrons. The predicted octanol–water partition coefficient (Wildman–Crippen LogP) is 2.53. The van der Waals surface area contributed by atoms with Crippen molar-refractivity contribution in [3.63, 3.8) is 0 Å². The van der Waals surface area contributed by atoms with E-state index in [0.717, 1.165) is 36.5 Å². The molecule has 1 aromatic heterocycles. The van der Waals surface area contributed by atoms with E-state index in [1.807, 2.05) is 17.0 Å². The molecule has 0 bridgehead atoms. The fourth-order valence-electron chi connectivity index (χ4n) is 5.01. The molecule has 2 aliphatic heterocycles. The van der Waals surface area contributed by atoms with Gasteiger partial charge < -0.3 is 14.6 Å². The Morgan fingerprint density at radius 1 is 1.19 bits per heavy atom. The Labute approximate surface area is 183 Å². The Bertz CT molecular complexity index is 972. The predicted molar refractivity (Wildman–Crippen MR) is 119 cm³/mol. The molecule has 0 unspecified atom stereocenters. The molecule has 0 spiro atoms. The number of aryl methyl sites for hydroxylation is 1. The van der Waals surface area contributed by atoms with Gasteiger partial charge in [0.15, 0.2) is 0 Å². The number of nitrogens with zero attached hydrogens (tertiary/aromatic N) is 3. The van der Waals surface area contributed by atoms with Crippen LogP contribution in [0.2, 0.25) is 0 Å². The third-order valence-electron chi connectivity index (χ3n) is 6.58. The topological polar surface area (TPSA) is 78.5 Å². The highest BCUT2D eigenvalue weighted by atomic mass is 16.5. The SMILES string of the molecule is COc1ccc([C@@H]2CN(C(=O)CN3CCC[C@H](C)C3)C[C@H]2c2cc(=O)[nH]c(C)n2)cc1. The Morgan fingerprint density at radius 3 is 2.61 bits per heavy atom. The van der Waals surface area contributed by atoms with Gasteiger partial charge in [-0.05, 0) is 49.9 Å². The highest BCUT2D eigenvalue weighted by Crippen LogP contribution is 2.39. The van der Waals surface area contributed by atoms with Crippen molar-refractivity contribution in [2.24, 2.45) is 5.92 Å². The summed E-state index contributed by atoms with van der Waals surface area (Å²) in [6, 6.07) is 9.58. The Kier molecular flexibility index (Phi) is 6.41. The van der Waals surface area contributed by atoms with Gasteiger partial charge in [-0.2, -0.15) is 0 Å². The van der Waals surface area contributed by atoms with E-state index in [4.69, 9.17) is 4.74 Å². The fourth-order valence-corrected chi connectivity index (χ4v) is 5.01. The summed E-state index contributed by atoms with van der Waals surface area (Å²) in [7, 11) is 1.65. The summed E-state index contributed by atoms with van der Waals surface area (Å²) in [6.07, 6.45) is 2.39. The summed E-state index contributed by atoms with van der Waals surface area (Å²) in [5.74, 6) is 2.28. The highest BCUT2D eigenvalue weighted by molar-refractivity contribution is 5.79. The largest absolute Gasteiger partial charge is 0.497 e. The number of aromatic nitrogens is 2. The molecule has 4 rings (SSSR count). The van der Waals surface area contributed by atoms with E-state index >= 15 is 0 Å². The molecule has 3 heterocycles. The molecule has 2 fully saturated rings. The number of benzene rings is 1. The second kappa shape index (κ2) is 9.22. The van der Waals surface area contributed by atoms with Crippen LogP contribution in [0.5, 0.6) is 5.75 Å². The first-order chi connectivity index (χ1) is 14.9. The van der Waals surface area contributed by atoms with Gasteiger partial charge >= 0.3 is 0 Å². The number of H-pyrrole nitrogens is 1. The van der Waals surface area contributed by atoms with Crippen molar-refractivity contribution in [1.29, 1.82) is 0 Å². The number of hydrogen-bond donors (Lipinski definition) is 1. The van der Waals surface area contributed by atoms with Gasteiger partial charge in [-0.1, -0.05) is 19.1 Å². The molecular weight excluding hydrogens is 392 g/mol. The first kappa shape index (κ1) is 21.6. The zero-order chi connectivity index (χ0) is 22.0. The molecule has 2 aromatic rings. The van der Waals surface area contributed by atoms with Crippen molar-refractivity contribution in [2.45, 2.75) is 38.5 Å². The first-order valence-corrected chi connectivity index (χ1v) is 11.1. The second-order valence-corrected chi connectivity index (χ2v) is 9.02. The van der Waals surface area contributed by atoms with Crippen LogP contribution in [0.3, 0.4) is 0 Å². The number of likely N-dealkylation sites (tertiary alicyclic amines) is 2. The Morgan fingerprint density at radius 2 is 1.94 bits per heavy atom. The number of hydrogen-bond acceptors (Lipinski definition) is 5. The lowest BCUT2D eigenvalue weighted by atomic mass is 9.86. The van der Waals surface area contributed by atoms with E-state index in [1.54, 1.807) is 20.1 Å². The van der Waals surface area contributed by atoms with Crippen molar-refractivity contribution in [3.05, 3.63) is 57.8 Å². The van der Waals surface area contributed by atoms with Crippen molar-refractivity contribution in [1.82, 2.24) is 19.8 Å². The van der Waals surface area contributed by atoms with Crippen molar-refractivity contribution >= 4 is 5.91 Å². The van der Waals surface area contributed by atoms with Crippen LogP contribution in [0.15, 0.2) is 35.1 Å². The Hall–Kier alpha value is -2.67. The molecule has 0 saturated carbocycles. The molecule has 3 atom stereocenters. The summed E-state index contributed by atoms with van der Waals surface area (Å²) in [4.78, 5) is 36.9. The molecule has 2 saturated heterocycles. The molecule has 1 aromatic carbocycles. The molecule has 2 aliphatic rings. The lowest BCUT2D eigenvalue weighted by Gasteiger charge is -2.31. The maximum Gasteiger partial charge on any atom is 0.251 e. The van der Waals surface area contributed by atoms with Gasteiger partial charge in [-0.3, -0.25) is 14.5 Å². The normalized spacial score (nSPS) is 24.4. The van der Waals surface area contributed by atoms with E-state index in [2.05, 4.69) is 33.9 Å². The van der Waals surface area contributed by atoms with Gasteiger partial charge in [-0.15, -0.1) is 0 Å². The number of amides is 1. The number of piperidine rings is 1. The van der Waals surface area contributed by atoms with E-state index < -0.39 is 0 Å². The zero-order valence-corrected chi connectivity index (χ0v) is 18.6. The zero-order valence-electron chi connectivity index (χ0n) is 18.6. The van der Waals surface area contributed by atoms with Gasteiger partial charge in [-0.25, -0.2) is 4.98 Å². The van der Waals surface area contributed by atoms with Gasteiger partial charge in [0.05, 0.1) is 19.3 Å². The number of carbonyl (C=O) groups is 1. The number of carbonyl (C=O) groups excluding carboxylic acids is 1. The molecule has 1 N–H and O–H groups in total. The molecule has 7 heteroatoms. The summed E-state index contributed by atoms with van der Waals surface area (Å²) in [5.41, 5.74) is 1.74. The minimum Gasteiger partial charge on any atom is -0.497 e. The van der Waals surface area contributed by atoms with E-state index in [0.29, 0.717) is 31.4 Å². The minimum atomic E-state index is -0.150. The smallest absolute Gasteiger partial charge is 0.251 e. The number of methoxy groups -OCH3 is 1. The van der Waals surface area contributed by atoms with Crippen molar-refractivity contribution in [3.8, 4) is 5.75 Å². The summed E-state index contributed by atoms with van der Waals surface area (Å²) in [5, 5.41) is 0. The molecule has 31 heavy (non-hydrogen) atoms. The van der Waals surface area contributed by atoms with E-state index in [9.17, 15) is 9.59 Å². The Balaban J connectivity index is 1.57. The van der Waals surface area contributed by atoms with Crippen LogP contribution >= 0.6 is 0 Å². The molecule has 1 amide bonds. The molecule has 7 nitrogen and oxygen atoms in total. The van der Waals surface area contributed by atoms with Crippen LogP contribution in [0.1, 0.15) is 48.7 Å². The number of nitrogens with one attached hydrogen (secondary N) is 1. The van der Waals surface area contributed by atoms with Crippen LogP contribution < -0.4 is 10.3 Å². The molecule has 0 aliphatic carbocycles. The van der Waals surface area contributed by atoms with Crippen LogP contribution in [0, 0.1) is 12.8 Å². The lowest BCUT2D eigenvalue weighted by molar-refractivity contribution is -0.131. The average molecular weight is 425 g/mol. The molecular formula is C24H32N4O3. The maximum atomic E-state index is 13.2. The van der Waals surface area contributed by atoms with Gasteiger partial charge in [0.2, 0.25) is 5.91 Å². The van der Waals surface area contributed by atoms with Crippen molar-refractivity contribution in [2.75, 3.05) is 39.8 Å². The van der Waals surface area contributed by atoms with Gasteiger partial charge in [0, 0.05) is 37.5 Å². The van der Waals surface area contributed by atoms with Crippen LogP contribution in [-0.4, -0.2) is 65.5 Å². The fraction of sp³-hybridized carbons (Fsp3) is 0.542. The number of ether oxygens (including phenoxy) is 1.